The number of nitriles is 1. The molecule has 0 radical (unpaired) electrons. The topological polar surface area (TPSA) is 52.9 Å². The summed E-state index contributed by atoms with van der Waals surface area (Å²) in [6.07, 6.45) is 2.02. The standard InChI is InChI=1S/C34H18N4/c1-36-38-34-30-17-24(22-10-6-3-7-11-22)13-15-26(30)28-18-31-27(19-32(28)34)25-14-12-23(21-8-4-2-5-9-21)16-29(25)33(31)37-20-35/h2-19H/b37-33?,38-34-. The predicted molar refractivity (Wildman–Crippen MR) is 153 cm³/mol. The minimum absolute atomic E-state index is 0.677. The van der Waals surface area contributed by atoms with Crippen molar-refractivity contribution in [3.63, 3.8) is 0 Å². The molecule has 0 aliphatic rings. The lowest BCUT2D eigenvalue weighted by Crippen LogP contribution is -1.99. The Morgan fingerprint density at radius 1 is 0.500 bits per heavy atom. The summed E-state index contributed by atoms with van der Waals surface area (Å²) in [7, 11) is 0. The van der Waals surface area contributed by atoms with Crippen molar-refractivity contribution in [2.24, 2.45) is 10.1 Å². The van der Waals surface area contributed by atoms with E-state index in [1.54, 1.807) is 0 Å². The number of rotatable bonds is 2. The summed E-state index contributed by atoms with van der Waals surface area (Å²) >= 11 is 0. The van der Waals surface area contributed by atoms with Crippen LogP contribution in [0.15, 0.2) is 119 Å². The first-order chi connectivity index (χ1) is 18.8. The van der Waals surface area contributed by atoms with Crippen LogP contribution in [-0.4, -0.2) is 0 Å². The molecule has 0 aromatic heterocycles. The number of benzene rings is 5. The van der Waals surface area contributed by atoms with Crippen molar-refractivity contribution in [2.75, 3.05) is 0 Å². The van der Waals surface area contributed by atoms with Gasteiger partial charge in [0.1, 0.15) is 0 Å². The molecular formula is C34H18N4. The lowest BCUT2D eigenvalue weighted by Gasteiger charge is -2.02. The smallest absolute Gasteiger partial charge is 0.181 e. The van der Waals surface area contributed by atoms with Gasteiger partial charge in [-0.05, 0) is 68.1 Å². The molecular weight excluding hydrogens is 464 g/mol. The van der Waals surface area contributed by atoms with Gasteiger partial charge in [-0.2, -0.15) is 16.8 Å². The monoisotopic (exact) mass is 482 g/mol. The Balaban J connectivity index is 1.58. The Bertz CT molecular complexity index is 2070. The van der Waals surface area contributed by atoms with Crippen LogP contribution in [0.4, 0.5) is 0 Å². The molecule has 7 rings (SSSR count). The van der Waals surface area contributed by atoms with Gasteiger partial charge < -0.3 is 0 Å². The molecule has 0 heterocycles. The molecule has 0 saturated heterocycles. The molecule has 0 aliphatic heterocycles. The molecule has 0 spiro atoms. The second-order valence-electron chi connectivity index (χ2n) is 9.31. The van der Waals surface area contributed by atoms with Gasteiger partial charge in [-0.15, -0.1) is 4.95 Å². The van der Waals surface area contributed by atoms with Crippen LogP contribution < -0.4 is 10.7 Å². The third-order valence-corrected chi connectivity index (χ3v) is 7.32. The van der Waals surface area contributed by atoms with Crippen LogP contribution in [0.3, 0.4) is 0 Å². The summed E-state index contributed by atoms with van der Waals surface area (Å²) in [6.45, 7) is 7.51. The Kier molecular flexibility index (Phi) is 4.86. The molecule has 0 atom stereocenters. The second kappa shape index (κ2) is 8.52. The van der Waals surface area contributed by atoms with Crippen LogP contribution >= 0.6 is 0 Å². The number of hydrogen-bond donors (Lipinski definition) is 0. The molecule has 0 aliphatic carbocycles. The Morgan fingerprint density at radius 3 is 1.47 bits per heavy atom. The fourth-order valence-corrected chi connectivity index (χ4v) is 5.63. The molecule has 7 aromatic rings. The highest BCUT2D eigenvalue weighted by Gasteiger charge is 2.17. The van der Waals surface area contributed by atoms with Crippen molar-refractivity contribution in [3.8, 4) is 28.4 Å². The van der Waals surface area contributed by atoms with E-state index >= 15 is 0 Å². The van der Waals surface area contributed by atoms with E-state index in [2.05, 4.69) is 87.8 Å². The highest BCUT2D eigenvalue weighted by molar-refractivity contribution is 6.21. The van der Waals surface area contributed by atoms with Crippen molar-refractivity contribution in [3.05, 3.63) is 131 Å². The van der Waals surface area contributed by atoms with E-state index in [0.29, 0.717) is 10.7 Å². The molecule has 4 heteroatoms. The Morgan fingerprint density at radius 2 is 0.974 bits per heavy atom. The maximum atomic E-state index is 9.58. The van der Waals surface area contributed by atoms with Crippen LogP contribution in [-0.2, 0) is 0 Å². The molecule has 0 saturated carbocycles. The fourth-order valence-electron chi connectivity index (χ4n) is 5.63. The molecule has 38 heavy (non-hydrogen) atoms. The van der Waals surface area contributed by atoms with Gasteiger partial charge in [-0.1, -0.05) is 84.9 Å². The van der Waals surface area contributed by atoms with Crippen molar-refractivity contribution in [1.29, 1.82) is 5.26 Å². The fraction of sp³-hybridized carbons (Fsp3) is 0. The Hall–Kier alpha value is -5.58. The van der Waals surface area contributed by atoms with Gasteiger partial charge in [0.2, 0.25) is 6.19 Å². The minimum Gasteiger partial charge on any atom is -0.181 e. The zero-order chi connectivity index (χ0) is 25.6. The zero-order valence-corrected chi connectivity index (χ0v) is 20.2. The summed E-state index contributed by atoms with van der Waals surface area (Å²) in [5.74, 6) is 0. The maximum absolute atomic E-state index is 9.58. The zero-order valence-electron chi connectivity index (χ0n) is 20.2. The summed E-state index contributed by atoms with van der Waals surface area (Å²) in [6, 6.07) is 37.3. The maximum Gasteiger partial charge on any atom is 0.206 e. The third-order valence-electron chi connectivity index (χ3n) is 7.32. The van der Waals surface area contributed by atoms with E-state index in [0.717, 1.165) is 65.3 Å². The molecule has 0 N–H and O–H groups in total. The van der Waals surface area contributed by atoms with E-state index in [4.69, 9.17) is 6.57 Å². The van der Waals surface area contributed by atoms with Crippen LogP contribution in [0.1, 0.15) is 0 Å². The van der Waals surface area contributed by atoms with E-state index in [-0.39, 0.29) is 0 Å². The van der Waals surface area contributed by atoms with Crippen LogP contribution in [0.5, 0.6) is 0 Å². The van der Waals surface area contributed by atoms with Gasteiger partial charge >= 0.3 is 0 Å². The number of fused-ring (bicyclic) bond motifs is 6. The molecule has 0 unspecified atom stereocenters. The van der Waals surface area contributed by atoms with Crippen molar-refractivity contribution < 1.29 is 0 Å². The molecule has 7 aromatic carbocycles. The second-order valence-corrected chi connectivity index (χ2v) is 9.31. The van der Waals surface area contributed by atoms with Crippen LogP contribution in [0.2, 0.25) is 0 Å². The van der Waals surface area contributed by atoms with Crippen molar-refractivity contribution in [2.45, 2.75) is 0 Å². The lowest BCUT2D eigenvalue weighted by atomic mass is 10.0. The van der Waals surface area contributed by atoms with Gasteiger partial charge in [0.25, 0.3) is 0 Å². The first-order valence-electron chi connectivity index (χ1n) is 12.3. The van der Waals surface area contributed by atoms with Gasteiger partial charge in [-0.25, -0.2) is 0 Å². The predicted octanol–water partition coefficient (Wildman–Crippen LogP) is 7.63. The Labute approximate surface area is 218 Å². The van der Waals surface area contributed by atoms with E-state index < -0.39 is 0 Å². The third kappa shape index (κ3) is 3.22. The first-order valence-corrected chi connectivity index (χ1v) is 12.3. The average Bonchev–Trinajstić information content (AvgIpc) is 3.44. The summed E-state index contributed by atoms with van der Waals surface area (Å²) < 4.78 is 0. The van der Waals surface area contributed by atoms with Gasteiger partial charge in [0.15, 0.2) is 5.36 Å². The van der Waals surface area contributed by atoms with Gasteiger partial charge in [0.05, 0.1) is 10.5 Å². The molecule has 0 amide bonds. The van der Waals surface area contributed by atoms with Crippen LogP contribution in [0.25, 0.3) is 70.3 Å². The van der Waals surface area contributed by atoms with Gasteiger partial charge in [0, 0.05) is 21.5 Å². The molecule has 0 fully saturated rings. The largest absolute Gasteiger partial charge is 0.206 e. The quantitative estimate of drug-likeness (QED) is 0.142. The molecule has 174 valence electrons. The normalized spacial score (nSPS) is 12.5. The lowest BCUT2D eigenvalue weighted by molar-refractivity contribution is 1.37. The number of nitrogens with zero attached hydrogens (tertiary/aromatic N) is 4. The summed E-state index contributed by atoms with van der Waals surface area (Å²) in [4.78, 5) is 7.69. The van der Waals surface area contributed by atoms with E-state index in [9.17, 15) is 5.26 Å². The molecule has 0 bridgehead atoms. The van der Waals surface area contributed by atoms with Crippen LogP contribution in [0, 0.1) is 18.0 Å². The highest BCUT2D eigenvalue weighted by atomic mass is 15.2. The van der Waals surface area contributed by atoms with Crippen molar-refractivity contribution in [1.82, 2.24) is 0 Å². The number of hydrogen-bond acceptors (Lipinski definition) is 3. The minimum atomic E-state index is 0.677. The summed E-state index contributed by atoms with van der Waals surface area (Å²) in [5, 5.41) is 23.0. The molecule has 4 nitrogen and oxygen atoms in total. The van der Waals surface area contributed by atoms with Crippen molar-refractivity contribution >= 4 is 43.1 Å². The average molecular weight is 483 g/mol. The summed E-state index contributed by atoms with van der Waals surface area (Å²) in [5.41, 5.74) is 4.37. The highest BCUT2D eigenvalue weighted by Crippen LogP contribution is 2.35. The van der Waals surface area contributed by atoms with Gasteiger partial charge in [-0.3, -0.25) is 0 Å². The van der Waals surface area contributed by atoms with E-state index in [1.165, 1.54) is 0 Å². The first kappa shape index (κ1) is 21.7. The van der Waals surface area contributed by atoms with E-state index in [1.807, 2.05) is 42.6 Å². The SMILES string of the molecule is [C-]#[N+]/N=c1/c2cc(-c3ccccc3)ccc2c2cc3c(=NC#N)c4cc(-c5ccccc5)ccc4c3cc12.